The predicted octanol–water partition coefficient (Wildman–Crippen LogP) is 4.26. The van der Waals surface area contributed by atoms with Gasteiger partial charge in [-0.1, -0.05) is 23.7 Å². The lowest BCUT2D eigenvalue weighted by molar-refractivity contribution is -0.117. The highest BCUT2D eigenvalue weighted by Crippen LogP contribution is 2.33. The lowest BCUT2D eigenvalue weighted by Crippen LogP contribution is -2.33. The lowest BCUT2D eigenvalue weighted by Gasteiger charge is -2.24. The van der Waals surface area contributed by atoms with Gasteiger partial charge in [-0.3, -0.25) is 9.69 Å². The first kappa shape index (κ1) is 17.7. The molecular weight excluding hydrogens is 343 g/mol. The molecule has 0 saturated carbocycles. The minimum Gasteiger partial charge on any atom is -0.497 e. The molecule has 1 N–H and O–H groups in total. The van der Waals surface area contributed by atoms with E-state index in [1.807, 2.05) is 24.3 Å². The summed E-state index contributed by atoms with van der Waals surface area (Å²) in [5, 5.41) is 2.92. The standard InChI is InChI=1S/C19H20ClFN2O2/c1-25-15-5-2-4-13(10-15)18-6-3-9-23(18)12-19(24)22-17-8-7-14(20)11-16(17)21/h2,4-5,7-8,10-11,18H,3,6,9,12H2,1H3,(H,22,24)/t18-/m1/s1. The molecule has 132 valence electrons. The van der Waals surface area contributed by atoms with Crippen molar-refractivity contribution >= 4 is 23.2 Å². The minimum atomic E-state index is -0.536. The molecule has 0 aliphatic carbocycles. The van der Waals surface area contributed by atoms with Crippen LogP contribution in [-0.4, -0.2) is 31.0 Å². The third-order valence-corrected chi connectivity index (χ3v) is 4.63. The fourth-order valence-corrected chi connectivity index (χ4v) is 3.37. The van der Waals surface area contributed by atoms with Crippen LogP contribution in [0.25, 0.3) is 0 Å². The summed E-state index contributed by atoms with van der Waals surface area (Å²) in [6.45, 7) is 1.04. The van der Waals surface area contributed by atoms with Crippen molar-refractivity contribution in [2.24, 2.45) is 0 Å². The molecule has 1 aliphatic heterocycles. The third-order valence-electron chi connectivity index (χ3n) is 4.39. The molecule has 0 spiro atoms. The zero-order chi connectivity index (χ0) is 17.8. The number of methoxy groups -OCH3 is 1. The monoisotopic (exact) mass is 362 g/mol. The van der Waals surface area contributed by atoms with E-state index >= 15 is 0 Å². The molecule has 1 heterocycles. The van der Waals surface area contributed by atoms with Crippen LogP contribution in [0.15, 0.2) is 42.5 Å². The molecule has 6 heteroatoms. The summed E-state index contributed by atoms with van der Waals surface area (Å²) in [5.74, 6) is 0.0275. The quantitative estimate of drug-likeness (QED) is 0.863. The Kier molecular flexibility index (Phi) is 5.56. The van der Waals surface area contributed by atoms with Crippen molar-refractivity contribution in [1.82, 2.24) is 4.90 Å². The number of likely N-dealkylation sites (tertiary alicyclic amines) is 1. The van der Waals surface area contributed by atoms with Gasteiger partial charge in [-0.05, 0) is 55.3 Å². The van der Waals surface area contributed by atoms with E-state index in [-0.39, 0.29) is 24.2 Å². The van der Waals surface area contributed by atoms with E-state index in [0.29, 0.717) is 5.02 Å². The van der Waals surface area contributed by atoms with Crippen LogP contribution in [0.4, 0.5) is 10.1 Å². The molecular formula is C19H20ClFN2O2. The van der Waals surface area contributed by atoms with E-state index < -0.39 is 5.82 Å². The molecule has 1 fully saturated rings. The predicted molar refractivity (Wildman–Crippen MR) is 96.6 cm³/mol. The number of hydrogen-bond acceptors (Lipinski definition) is 3. The highest BCUT2D eigenvalue weighted by atomic mass is 35.5. The van der Waals surface area contributed by atoms with Gasteiger partial charge in [-0.2, -0.15) is 0 Å². The van der Waals surface area contributed by atoms with Crippen LogP contribution in [0.5, 0.6) is 5.75 Å². The smallest absolute Gasteiger partial charge is 0.238 e. The Morgan fingerprint density at radius 2 is 2.20 bits per heavy atom. The molecule has 0 radical (unpaired) electrons. The number of halogens is 2. The minimum absolute atomic E-state index is 0.145. The molecule has 1 aliphatic rings. The number of rotatable bonds is 5. The van der Waals surface area contributed by atoms with Gasteiger partial charge in [-0.15, -0.1) is 0 Å². The van der Waals surface area contributed by atoms with E-state index in [2.05, 4.69) is 10.2 Å². The van der Waals surface area contributed by atoms with Crippen LogP contribution in [0, 0.1) is 5.82 Å². The van der Waals surface area contributed by atoms with Crippen molar-refractivity contribution in [3.05, 3.63) is 58.9 Å². The number of nitrogens with one attached hydrogen (secondary N) is 1. The fourth-order valence-electron chi connectivity index (χ4n) is 3.21. The second-order valence-electron chi connectivity index (χ2n) is 6.08. The highest BCUT2D eigenvalue weighted by molar-refractivity contribution is 6.30. The van der Waals surface area contributed by atoms with Gasteiger partial charge in [0.25, 0.3) is 0 Å². The van der Waals surface area contributed by atoms with Crippen molar-refractivity contribution < 1.29 is 13.9 Å². The average molecular weight is 363 g/mol. The van der Waals surface area contributed by atoms with Crippen LogP contribution < -0.4 is 10.1 Å². The first-order valence-electron chi connectivity index (χ1n) is 8.19. The zero-order valence-electron chi connectivity index (χ0n) is 14.0. The topological polar surface area (TPSA) is 41.6 Å². The Balaban J connectivity index is 1.67. The van der Waals surface area contributed by atoms with E-state index in [1.54, 1.807) is 13.2 Å². The van der Waals surface area contributed by atoms with Crippen LogP contribution in [0.3, 0.4) is 0 Å². The van der Waals surface area contributed by atoms with Crippen LogP contribution >= 0.6 is 11.6 Å². The average Bonchev–Trinajstić information content (AvgIpc) is 3.05. The molecule has 2 aromatic rings. The van der Waals surface area contributed by atoms with Gasteiger partial charge in [-0.25, -0.2) is 4.39 Å². The molecule has 0 aromatic heterocycles. The van der Waals surface area contributed by atoms with Crippen molar-refractivity contribution in [2.45, 2.75) is 18.9 Å². The molecule has 1 atom stereocenters. The van der Waals surface area contributed by atoms with Gasteiger partial charge >= 0.3 is 0 Å². The van der Waals surface area contributed by atoms with Gasteiger partial charge in [0.15, 0.2) is 0 Å². The van der Waals surface area contributed by atoms with E-state index in [0.717, 1.165) is 30.7 Å². The van der Waals surface area contributed by atoms with Gasteiger partial charge < -0.3 is 10.1 Å². The largest absolute Gasteiger partial charge is 0.497 e. The first-order valence-corrected chi connectivity index (χ1v) is 8.57. The number of anilines is 1. The van der Waals surface area contributed by atoms with Crippen LogP contribution in [-0.2, 0) is 4.79 Å². The summed E-state index contributed by atoms with van der Waals surface area (Å²) < 4.78 is 19.1. The van der Waals surface area contributed by atoms with E-state index in [1.165, 1.54) is 12.1 Å². The maximum Gasteiger partial charge on any atom is 0.238 e. The Bertz CT molecular complexity index is 769. The number of amides is 1. The molecule has 0 bridgehead atoms. The molecule has 0 unspecified atom stereocenters. The Hall–Kier alpha value is -2.11. The summed E-state index contributed by atoms with van der Waals surface area (Å²) in [4.78, 5) is 14.4. The van der Waals surface area contributed by atoms with Crippen molar-refractivity contribution in [2.75, 3.05) is 25.5 Å². The molecule has 3 rings (SSSR count). The summed E-state index contributed by atoms with van der Waals surface area (Å²) >= 11 is 5.73. The highest BCUT2D eigenvalue weighted by Gasteiger charge is 2.28. The SMILES string of the molecule is COc1cccc([C@H]2CCCN2CC(=O)Nc2ccc(Cl)cc2F)c1. The number of ether oxygens (including phenoxy) is 1. The number of hydrogen-bond donors (Lipinski definition) is 1. The summed E-state index contributed by atoms with van der Waals surface area (Å²) in [6.07, 6.45) is 2.00. The molecule has 1 saturated heterocycles. The fraction of sp³-hybridized carbons (Fsp3) is 0.316. The van der Waals surface area contributed by atoms with Crippen molar-refractivity contribution in [3.8, 4) is 5.75 Å². The second kappa shape index (κ2) is 7.85. The molecule has 4 nitrogen and oxygen atoms in total. The normalized spacial score (nSPS) is 17.5. The maximum absolute atomic E-state index is 13.8. The van der Waals surface area contributed by atoms with Gasteiger partial charge in [0.2, 0.25) is 5.91 Å². The zero-order valence-corrected chi connectivity index (χ0v) is 14.7. The summed E-state index contributed by atoms with van der Waals surface area (Å²) in [6, 6.07) is 12.3. The molecule has 25 heavy (non-hydrogen) atoms. The van der Waals surface area contributed by atoms with Crippen LogP contribution in [0.2, 0.25) is 5.02 Å². The van der Waals surface area contributed by atoms with E-state index in [4.69, 9.17) is 16.3 Å². The maximum atomic E-state index is 13.8. The lowest BCUT2D eigenvalue weighted by atomic mass is 10.0. The molecule has 1 amide bonds. The van der Waals surface area contributed by atoms with Gasteiger partial charge in [0.1, 0.15) is 11.6 Å². The van der Waals surface area contributed by atoms with Crippen molar-refractivity contribution in [3.63, 3.8) is 0 Å². The Labute approximate surface area is 151 Å². The molecule has 2 aromatic carbocycles. The van der Waals surface area contributed by atoms with Gasteiger partial charge in [0.05, 0.1) is 19.3 Å². The Morgan fingerprint density at radius 3 is 2.96 bits per heavy atom. The number of carbonyl (C=O) groups is 1. The number of carbonyl (C=O) groups excluding carboxylic acids is 1. The summed E-state index contributed by atoms with van der Waals surface area (Å²) in [5.41, 5.74) is 1.27. The second-order valence-corrected chi connectivity index (χ2v) is 6.51. The first-order chi connectivity index (χ1) is 12.1. The van der Waals surface area contributed by atoms with E-state index in [9.17, 15) is 9.18 Å². The van der Waals surface area contributed by atoms with Gasteiger partial charge in [0, 0.05) is 11.1 Å². The van der Waals surface area contributed by atoms with Crippen LogP contribution in [0.1, 0.15) is 24.4 Å². The van der Waals surface area contributed by atoms with Crippen molar-refractivity contribution in [1.29, 1.82) is 0 Å². The number of nitrogens with zero attached hydrogens (tertiary/aromatic N) is 1. The third kappa shape index (κ3) is 4.30. The Morgan fingerprint density at radius 1 is 1.36 bits per heavy atom. The number of benzene rings is 2. The summed E-state index contributed by atoms with van der Waals surface area (Å²) in [7, 11) is 1.64.